The third kappa shape index (κ3) is 12.3. The van der Waals surface area contributed by atoms with Gasteiger partial charge in [0.25, 0.3) is 0 Å². The maximum absolute atomic E-state index is 3.39. The van der Waals surface area contributed by atoms with Crippen LogP contribution in [0, 0.1) is 0 Å². The zero-order valence-corrected chi connectivity index (χ0v) is 19.8. The Balaban J connectivity index is -0.00000120. The van der Waals surface area contributed by atoms with Gasteiger partial charge in [-0.25, -0.2) is 0 Å². The first kappa shape index (κ1) is 27.7. The van der Waals surface area contributed by atoms with Crippen molar-refractivity contribution in [3.8, 4) is 0 Å². The fourth-order valence-electron chi connectivity index (χ4n) is 2.64. The quantitative estimate of drug-likeness (QED) is 0.320. The molecule has 0 fully saturated rings. The van der Waals surface area contributed by atoms with E-state index < -0.39 is 0 Å². The van der Waals surface area contributed by atoms with Gasteiger partial charge in [0, 0.05) is 12.8 Å². The molecular formula is C15H35Br3N4. The minimum Gasteiger partial charge on any atom is -1.00 e. The van der Waals surface area contributed by atoms with Gasteiger partial charge in [-0.1, -0.05) is 0 Å². The molecule has 1 N–H and O–H groups in total. The second-order valence-electron chi connectivity index (χ2n) is 8.08. The molecule has 22 heavy (non-hydrogen) atoms. The molecule has 1 aliphatic heterocycles. The molecule has 0 aliphatic carbocycles. The van der Waals surface area contributed by atoms with Gasteiger partial charge in [-0.05, 0) is 0 Å². The summed E-state index contributed by atoms with van der Waals surface area (Å²) in [6.07, 6.45) is 7.09. The van der Waals surface area contributed by atoms with E-state index >= 15 is 0 Å². The van der Waals surface area contributed by atoms with Crippen LogP contribution in [0.4, 0.5) is 0 Å². The highest BCUT2D eigenvalue weighted by Gasteiger charge is 2.28. The van der Waals surface area contributed by atoms with E-state index in [1.54, 1.807) is 0 Å². The van der Waals surface area contributed by atoms with Gasteiger partial charge < -0.3 is 65.2 Å². The van der Waals surface area contributed by atoms with Crippen molar-refractivity contribution in [2.45, 2.75) is 12.8 Å². The van der Waals surface area contributed by atoms with Gasteiger partial charge >= 0.3 is 0 Å². The normalized spacial score (nSPS) is 16.1. The van der Waals surface area contributed by atoms with E-state index in [2.05, 4.69) is 60.0 Å². The van der Waals surface area contributed by atoms with Gasteiger partial charge in [0.1, 0.15) is 6.20 Å². The Hall–Kier alpha value is 0.860. The Morgan fingerprint density at radius 3 is 1.50 bits per heavy atom. The molecule has 0 atom stereocenters. The molecule has 7 heteroatoms. The standard InChI is InChI=1S/C15H35N4.3BrH/c1-17(2,3)10-7-12-19(14-9-16-15-19)13-8-11-18(4,5)6;;;/h9,14,16H,7-8,10-13,15H2,1-6H3;3*1H/q+3;;;/p-3. The third-order valence-corrected chi connectivity index (χ3v) is 3.78. The van der Waals surface area contributed by atoms with Crippen LogP contribution < -0.4 is 56.3 Å². The van der Waals surface area contributed by atoms with Crippen molar-refractivity contribution in [2.75, 3.05) is 75.1 Å². The lowest BCUT2D eigenvalue weighted by Crippen LogP contribution is -3.00. The first-order chi connectivity index (χ1) is 8.62. The summed E-state index contributed by atoms with van der Waals surface area (Å²) in [4.78, 5) is 0. The van der Waals surface area contributed by atoms with Crippen molar-refractivity contribution in [1.29, 1.82) is 0 Å². The van der Waals surface area contributed by atoms with Crippen molar-refractivity contribution in [2.24, 2.45) is 0 Å². The monoisotopic (exact) mass is 508 g/mol. The average Bonchev–Trinajstić information content (AvgIpc) is 2.63. The van der Waals surface area contributed by atoms with Crippen molar-refractivity contribution in [3.05, 3.63) is 12.4 Å². The maximum atomic E-state index is 3.39. The van der Waals surface area contributed by atoms with Crippen LogP contribution in [0.25, 0.3) is 0 Å². The van der Waals surface area contributed by atoms with Crippen molar-refractivity contribution >= 4 is 0 Å². The second-order valence-corrected chi connectivity index (χ2v) is 8.08. The van der Waals surface area contributed by atoms with Crippen molar-refractivity contribution in [3.63, 3.8) is 0 Å². The molecule has 0 spiro atoms. The van der Waals surface area contributed by atoms with E-state index in [0.29, 0.717) is 0 Å². The summed E-state index contributed by atoms with van der Waals surface area (Å²) in [6.45, 7) is 6.10. The van der Waals surface area contributed by atoms with Crippen molar-refractivity contribution in [1.82, 2.24) is 5.32 Å². The lowest BCUT2D eigenvalue weighted by Gasteiger charge is -2.33. The van der Waals surface area contributed by atoms with Gasteiger partial charge in [0.2, 0.25) is 0 Å². The molecule has 0 bridgehead atoms. The van der Waals surface area contributed by atoms with Gasteiger partial charge in [0.05, 0.1) is 74.7 Å². The number of nitrogens with zero attached hydrogens (tertiary/aromatic N) is 3. The number of halogens is 3. The number of rotatable bonds is 8. The molecule has 1 aliphatic rings. The van der Waals surface area contributed by atoms with Crippen LogP contribution in [-0.4, -0.2) is 88.6 Å². The largest absolute Gasteiger partial charge is 1.00 e. The molecule has 0 radical (unpaired) electrons. The molecule has 136 valence electrons. The van der Waals surface area contributed by atoms with E-state index in [9.17, 15) is 0 Å². The molecule has 0 aromatic rings. The Bertz CT molecular complexity index is 289. The van der Waals surface area contributed by atoms with Crippen LogP contribution in [-0.2, 0) is 0 Å². The van der Waals surface area contributed by atoms with E-state index in [-0.39, 0.29) is 50.9 Å². The van der Waals surface area contributed by atoms with E-state index in [1.807, 2.05) is 0 Å². The first-order valence-corrected chi connectivity index (χ1v) is 7.50. The minimum atomic E-state index is 0. The molecular weight excluding hydrogens is 476 g/mol. The molecule has 0 saturated carbocycles. The molecule has 4 nitrogen and oxygen atoms in total. The fourth-order valence-corrected chi connectivity index (χ4v) is 2.64. The van der Waals surface area contributed by atoms with Gasteiger partial charge in [-0.15, -0.1) is 0 Å². The van der Waals surface area contributed by atoms with Crippen molar-refractivity contribution < 1.29 is 64.4 Å². The van der Waals surface area contributed by atoms with Gasteiger partial charge in [-0.3, -0.25) is 4.48 Å². The SMILES string of the molecule is C[N+](C)(C)CCC[N+]1(CCC[N+](C)(C)C)C=CNC1.[Br-].[Br-].[Br-]. The summed E-state index contributed by atoms with van der Waals surface area (Å²) in [5.41, 5.74) is 0. The summed E-state index contributed by atoms with van der Waals surface area (Å²) < 4.78 is 3.26. The summed E-state index contributed by atoms with van der Waals surface area (Å²) in [7, 11) is 13.7. The third-order valence-electron chi connectivity index (χ3n) is 3.78. The minimum absolute atomic E-state index is 0. The summed E-state index contributed by atoms with van der Waals surface area (Å²) >= 11 is 0. The van der Waals surface area contributed by atoms with Crippen LogP contribution in [0.15, 0.2) is 12.4 Å². The Labute approximate surface area is 169 Å². The lowest BCUT2D eigenvalue weighted by atomic mass is 10.2. The average molecular weight is 511 g/mol. The summed E-state index contributed by atoms with van der Waals surface area (Å²) in [5.74, 6) is 0. The van der Waals surface area contributed by atoms with Gasteiger partial charge in [0.15, 0.2) is 6.67 Å². The van der Waals surface area contributed by atoms with Crippen LogP contribution >= 0.6 is 0 Å². The zero-order chi connectivity index (χ0) is 14.6. The zero-order valence-electron chi connectivity index (χ0n) is 15.1. The number of hydrogen-bond acceptors (Lipinski definition) is 1. The molecule has 0 aromatic heterocycles. The Morgan fingerprint density at radius 1 is 0.818 bits per heavy atom. The Kier molecular flexibility index (Phi) is 14.4. The smallest absolute Gasteiger partial charge is 0.156 e. The molecule has 0 unspecified atom stereocenters. The molecule has 0 aromatic carbocycles. The fraction of sp³-hybridized carbons (Fsp3) is 0.867. The summed E-state index contributed by atoms with van der Waals surface area (Å²) in [5, 5.41) is 3.39. The number of hydrogen-bond donors (Lipinski definition) is 1. The highest BCUT2D eigenvalue weighted by Crippen LogP contribution is 2.15. The summed E-state index contributed by atoms with van der Waals surface area (Å²) in [6, 6.07) is 0. The van der Waals surface area contributed by atoms with Gasteiger partial charge in [-0.2, -0.15) is 0 Å². The van der Waals surface area contributed by atoms with Crippen LogP contribution in [0.1, 0.15) is 12.8 Å². The van der Waals surface area contributed by atoms with Crippen LogP contribution in [0.5, 0.6) is 0 Å². The van der Waals surface area contributed by atoms with Crippen LogP contribution in [0.3, 0.4) is 0 Å². The highest BCUT2D eigenvalue weighted by molar-refractivity contribution is 4.77. The highest BCUT2D eigenvalue weighted by atomic mass is 79.9. The molecule has 0 amide bonds. The second kappa shape index (κ2) is 11.4. The van der Waals surface area contributed by atoms with Crippen LogP contribution in [0.2, 0.25) is 0 Å². The maximum Gasteiger partial charge on any atom is 0.156 e. The van der Waals surface area contributed by atoms with E-state index in [1.165, 1.54) is 39.0 Å². The lowest BCUT2D eigenvalue weighted by molar-refractivity contribution is -0.900. The topological polar surface area (TPSA) is 12.0 Å². The van der Waals surface area contributed by atoms with E-state index in [4.69, 9.17) is 0 Å². The molecule has 1 rings (SSSR count). The molecule has 0 saturated heterocycles. The predicted molar refractivity (Wildman–Crippen MR) is 82.2 cm³/mol. The predicted octanol–water partition coefficient (Wildman–Crippen LogP) is -7.96. The number of nitrogens with one attached hydrogen (secondary N) is 1. The first-order valence-electron chi connectivity index (χ1n) is 7.50. The molecule has 1 heterocycles. The van der Waals surface area contributed by atoms with E-state index in [0.717, 1.165) is 20.1 Å². The Morgan fingerprint density at radius 2 is 1.23 bits per heavy atom. The number of quaternary nitrogens is 3.